The van der Waals surface area contributed by atoms with Crippen molar-refractivity contribution < 1.29 is 19.4 Å². The Morgan fingerprint density at radius 3 is 1.94 bits per heavy atom. The van der Waals surface area contributed by atoms with Crippen molar-refractivity contribution >= 4 is 11.9 Å². The zero-order chi connectivity index (χ0) is 14.6. The molecule has 0 heterocycles. The summed E-state index contributed by atoms with van der Waals surface area (Å²) in [6, 6.07) is 0. The number of carbonyl (C=O) groups is 2. The molecule has 4 heteroatoms. The van der Waals surface area contributed by atoms with Gasteiger partial charge in [0.25, 0.3) is 0 Å². The average Bonchev–Trinajstić information content (AvgIpc) is 2.33. The normalized spacial score (nSPS) is 11.4. The molecule has 0 spiro atoms. The monoisotopic (exact) mass is 260 g/mol. The summed E-state index contributed by atoms with van der Waals surface area (Å²) in [7, 11) is 0. The smallest absolute Gasteiger partial charge is 0.308 e. The number of esters is 1. The van der Waals surface area contributed by atoms with Gasteiger partial charge in [-0.05, 0) is 12.8 Å². The third-order valence-corrected chi connectivity index (χ3v) is 2.50. The molecule has 0 aromatic rings. The minimum atomic E-state index is -0.741. The second-order valence-electron chi connectivity index (χ2n) is 4.68. The molecule has 1 N–H and O–H groups in total. The van der Waals surface area contributed by atoms with Gasteiger partial charge in [0.05, 0.1) is 18.4 Å². The molecule has 0 aliphatic carbocycles. The van der Waals surface area contributed by atoms with Gasteiger partial charge in [0.2, 0.25) is 0 Å². The molecule has 0 radical (unpaired) electrons. The lowest BCUT2D eigenvalue weighted by Crippen LogP contribution is -2.14. The third kappa shape index (κ3) is 13.0. The molecule has 1 atom stereocenters. The zero-order valence-corrected chi connectivity index (χ0v) is 12.4. The van der Waals surface area contributed by atoms with Gasteiger partial charge in [-0.1, -0.05) is 47.5 Å². The fourth-order valence-corrected chi connectivity index (χ4v) is 0.834. The SMILES string of the molecule is CC(C)C(=O)O.CCCCCOC(=O)C(C)CC. The van der Waals surface area contributed by atoms with Crippen molar-refractivity contribution in [2.75, 3.05) is 6.61 Å². The Hall–Kier alpha value is -1.06. The fraction of sp³-hybridized carbons (Fsp3) is 0.857. The second kappa shape index (κ2) is 12.4. The van der Waals surface area contributed by atoms with Crippen LogP contribution in [0.5, 0.6) is 0 Å². The summed E-state index contributed by atoms with van der Waals surface area (Å²) < 4.78 is 5.06. The van der Waals surface area contributed by atoms with Gasteiger partial charge in [0, 0.05) is 0 Å². The molecule has 0 amide bonds. The number of unbranched alkanes of at least 4 members (excludes halogenated alkanes) is 2. The first kappa shape index (κ1) is 19.3. The van der Waals surface area contributed by atoms with Gasteiger partial charge in [-0.3, -0.25) is 9.59 Å². The van der Waals surface area contributed by atoms with E-state index in [-0.39, 0.29) is 17.8 Å². The molecule has 0 fully saturated rings. The quantitative estimate of drug-likeness (QED) is 0.562. The lowest BCUT2D eigenvalue weighted by atomic mass is 10.1. The maximum Gasteiger partial charge on any atom is 0.308 e. The number of carboxylic acids is 1. The molecule has 0 rings (SSSR count). The van der Waals surface area contributed by atoms with Crippen molar-refractivity contribution in [1.82, 2.24) is 0 Å². The zero-order valence-electron chi connectivity index (χ0n) is 12.4. The van der Waals surface area contributed by atoms with Crippen molar-refractivity contribution in [3.8, 4) is 0 Å². The summed E-state index contributed by atoms with van der Waals surface area (Å²) in [5.74, 6) is -0.958. The lowest BCUT2D eigenvalue weighted by Gasteiger charge is -2.08. The van der Waals surface area contributed by atoms with Crippen molar-refractivity contribution in [3.05, 3.63) is 0 Å². The highest BCUT2D eigenvalue weighted by atomic mass is 16.5. The highest BCUT2D eigenvalue weighted by Gasteiger charge is 2.10. The van der Waals surface area contributed by atoms with E-state index in [0.29, 0.717) is 6.61 Å². The molecule has 0 saturated heterocycles. The van der Waals surface area contributed by atoms with E-state index in [1.165, 1.54) is 6.42 Å². The number of hydrogen-bond donors (Lipinski definition) is 1. The Morgan fingerprint density at radius 1 is 1.11 bits per heavy atom. The van der Waals surface area contributed by atoms with Crippen molar-refractivity contribution in [2.45, 2.75) is 60.3 Å². The van der Waals surface area contributed by atoms with Crippen LogP contribution in [0, 0.1) is 11.8 Å². The van der Waals surface area contributed by atoms with Gasteiger partial charge in [-0.2, -0.15) is 0 Å². The Bertz CT molecular complexity index is 224. The molecule has 0 aromatic carbocycles. The van der Waals surface area contributed by atoms with Crippen LogP contribution in [0.4, 0.5) is 0 Å². The van der Waals surface area contributed by atoms with Gasteiger partial charge in [-0.25, -0.2) is 0 Å². The maximum absolute atomic E-state index is 11.1. The Kier molecular flexibility index (Phi) is 13.3. The van der Waals surface area contributed by atoms with Crippen LogP contribution in [0.3, 0.4) is 0 Å². The molecule has 0 bridgehead atoms. The molecule has 0 saturated carbocycles. The first-order valence-electron chi connectivity index (χ1n) is 6.76. The van der Waals surface area contributed by atoms with E-state index >= 15 is 0 Å². The van der Waals surface area contributed by atoms with Crippen molar-refractivity contribution in [1.29, 1.82) is 0 Å². The third-order valence-electron chi connectivity index (χ3n) is 2.50. The summed E-state index contributed by atoms with van der Waals surface area (Å²) in [5.41, 5.74) is 0. The van der Waals surface area contributed by atoms with Crippen LogP contribution in [0.25, 0.3) is 0 Å². The Balaban J connectivity index is 0. The molecule has 0 aromatic heterocycles. The van der Waals surface area contributed by atoms with E-state index in [9.17, 15) is 9.59 Å². The average molecular weight is 260 g/mol. The standard InChI is InChI=1S/C10H20O2.C4H8O2/c1-4-6-7-8-12-10(11)9(3)5-2;1-3(2)4(5)6/h9H,4-8H2,1-3H3;3H,1-2H3,(H,5,6). The highest BCUT2D eigenvalue weighted by molar-refractivity contribution is 5.71. The topological polar surface area (TPSA) is 63.6 Å². The summed E-state index contributed by atoms with van der Waals surface area (Å²) >= 11 is 0. The predicted molar refractivity (Wildman–Crippen MR) is 72.4 cm³/mol. The molecular weight excluding hydrogens is 232 g/mol. The van der Waals surface area contributed by atoms with Gasteiger partial charge < -0.3 is 9.84 Å². The van der Waals surface area contributed by atoms with Crippen LogP contribution in [-0.4, -0.2) is 23.7 Å². The predicted octanol–water partition coefficient (Wildman–Crippen LogP) is 3.49. The van der Waals surface area contributed by atoms with Gasteiger partial charge >= 0.3 is 11.9 Å². The van der Waals surface area contributed by atoms with E-state index in [0.717, 1.165) is 19.3 Å². The number of hydrogen-bond acceptors (Lipinski definition) is 3. The largest absolute Gasteiger partial charge is 0.481 e. The van der Waals surface area contributed by atoms with Gasteiger partial charge in [0.1, 0.15) is 0 Å². The van der Waals surface area contributed by atoms with Gasteiger partial charge in [-0.15, -0.1) is 0 Å². The van der Waals surface area contributed by atoms with Crippen LogP contribution < -0.4 is 0 Å². The highest BCUT2D eigenvalue weighted by Crippen LogP contribution is 2.04. The molecule has 108 valence electrons. The minimum absolute atomic E-state index is 0.0476. The van der Waals surface area contributed by atoms with Crippen molar-refractivity contribution in [2.24, 2.45) is 11.8 Å². The van der Waals surface area contributed by atoms with Crippen LogP contribution in [0.15, 0.2) is 0 Å². The Morgan fingerprint density at radius 2 is 1.61 bits per heavy atom. The summed E-state index contributed by atoms with van der Waals surface area (Å²) in [5, 5.41) is 7.99. The molecule has 0 aliphatic heterocycles. The lowest BCUT2D eigenvalue weighted by molar-refractivity contribution is -0.148. The van der Waals surface area contributed by atoms with E-state index < -0.39 is 5.97 Å². The fourth-order valence-electron chi connectivity index (χ4n) is 0.834. The minimum Gasteiger partial charge on any atom is -0.481 e. The first-order chi connectivity index (χ1) is 8.36. The van der Waals surface area contributed by atoms with Gasteiger partial charge in [0.15, 0.2) is 0 Å². The van der Waals surface area contributed by atoms with Crippen LogP contribution >= 0.6 is 0 Å². The number of carbonyl (C=O) groups excluding carboxylic acids is 1. The van der Waals surface area contributed by atoms with Crippen LogP contribution in [-0.2, 0) is 14.3 Å². The van der Waals surface area contributed by atoms with Crippen molar-refractivity contribution in [3.63, 3.8) is 0 Å². The van der Waals surface area contributed by atoms with E-state index in [1.807, 2.05) is 13.8 Å². The second-order valence-corrected chi connectivity index (χ2v) is 4.68. The molecule has 0 aliphatic rings. The first-order valence-corrected chi connectivity index (χ1v) is 6.76. The number of carboxylic acid groups (broad SMARTS) is 1. The number of aliphatic carboxylic acids is 1. The van der Waals surface area contributed by atoms with E-state index in [4.69, 9.17) is 9.84 Å². The molecule has 18 heavy (non-hydrogen) atoms. The number of ether oxygens (including phenoxy) is 1. The Labute approximate surface area is 111 Å². The summed E-state index contributed by atoms with van der Waals surface area (Å²) in [6.07, 6.45) is 4.18. The van der Waals surface area contributed by atoms with E-state index in [1.54, 1.807) is 13.8 Å². The molecule has 1 unspecified atom stereocenters. The van der Waals surface area contributed by atoms with Crippen LogP contribution in [0.1, 0.15) is 60.3 Å². The summed E-state index contributed by atoms with van der Waals surface area (Å²) in [4.78, 5) is 20.8. The number of rotatable bonds is 7. The van der Waals surface area contributed by atoms with E-state index in [2.05, 4.69) is 6.92 Å². The molecular formula is C14H28O4. The maximum atomic E-state index is 11.1. The van der Waals surface area contributed by atoms with Crippen LogP contribution in [0.2, 0.25) is 0 Å². The molecule has 4 nitrogen and oxygen atoms in total. The summed E-state index contributed by atoms with van der Waals surface area (Å²) in [6.45, 7) is 9.91.